The Kier molecular flexibility index (Phi) is 15.9. The molecule has 10 aromatic rings. The predicted molar refractivity (Wildman–Crippen MR) is 336 cm³/mol. The molecule has 0 N–H and O–H groups in total. The Labute approximate surface area is 504 Å². The second-order valence-corrected chi connectivity index (χ2v) is 22.9. The van der Waals surface area contributed by atoms with Crippen molar-refractivity contribution in [1.82, 2.24) is 0 Å². The van der Waals surface area contributed by atoms with Crippen LogP contribution in [0.25, 0.3) is 44.5 Å². The molecule has 0 bridgehead atoms. The fraction of sp³-hybridized carbons (Fsp3) is 0.108. The van der Waals surface area contributed by atoms with Crippen LogP contribution in [0.1, 0.15) is 129 Å². The largest absolute Gasteiger partial charge is 0.457 e. The maximum atomic E-state index is 14.4. The van der Waals surface area contributed by atoms with Crippen LogP contribution < -0.4 is 0 Å². The molecule has 0 atom stereocenters. The van der Waals surface area contributed by atoms with Gasteiger partial charge in [-0.15, -0.1) is 0 Å². The molecule has 0 saturated heterocycles. The van der Waals surface area contributed by atoms with Gasteiger partial charge in [0.1, 0.15) is 13.2 Å². The van der Waals surface area contributed by atoms with Crippen molar-refractivity contribution >= 4 is 66.9 Å². The van der Waals surface area contributed by atoms with Gasteiger partial charge < -0.3 is 9.47 Å². The number of ether oxygens (including phenoxy) is 2. The summed E-state index contributed by atoms with van der Waals surface area (Å²) in [6.07, 6.45) is 0. The second-order valence-electron chi connectivity index (χ2n) is 21.0. The zero-order valence-electron chi connectivity index (χ0n) is 46.9. The lowest BCUT2D eigenvalue weighted by molar-refractivity contribution is 0.0464. The van der Waals surface area contributed by atoms with Gasteiger partial charge in [0, 0.05) is 75.7 Å². The average molecular weight is 1230 g/mol. The van der Waals surface area contributed by atoms with E-state index in [4.69, 9.17) is 9.47 Å². The molecule has 12 rings (SSSR count). The van der Waals surface area contributed by atoms with Gasteiger partial charge in [-0.2, -0.15) is 0 Å². The Hall–Kier alpha value is -9.22. The van der Waals surface area contributed by atoms with Crippen molar-refractivity contribution in [3.8, 4) is 44.5 Å². The second kappa shape index (κ2) is 23.6. The van der Waals surface area contributed by atoms with E-state index in [1.807, 2.05) is 139 Å². The summed E-state index contributed by atoms with van der Waals surface area (Å²) in [4.78, 5) is 83.8. The van der Waals surface area contributed by atoms with Gasteiger partial charge in [-0.3, -0.25) is 19.2 Å². The van der Waals surface area contributed by atoms with Crippen LogP contribution in [0.2, 0.25) is 0 Å². The van der Waals surface area contributed by atoms with Crippen LogP contribution in [-0.4, -0.2) is 35.1 Å². The molecule has 0 radical (unpaired) electrons. The summed E-state index contributed by atoms with van der Waals surface area (Å²) < 4.78 is 13.6. The lowest BCUT2D eigenvalue weighted by atomic mass is 9.73. The van der Waals surface area contributed by atoms with Crippen molar-refractivity contribution in [1.29, 1.82) is 0 Å². The Morgan fingerprint density at radius 3 is 0.786 bits per heavy atom. The highest BCUT2D eigenvalue weighted by molar-refractivity contribution is 9.10. The summed E-state index contributed by atoms with van der Waals surface area (Å²) in [6, 6.07) is 59.2. The van der Waals surface area contributed by atoms with E-state index in [1.165, 1.54) is 0 Å². The molecule has 2 aliphatic rings. The number of aryl methyl sites for hydroxylation is 4. The number of hydrogen-bond donors (Lipinski definition) is 0. The van der Waals surface area contributed by atoms with Gasteiger partial charge >= 0.3 is 11.9 Å². The highest BCUT2D eigenvalue weighted by atomic mass is 79.9. The van der Waals surface area contributed by atoms with Crippen molar-refractivity contribution in [2.45, 2.75) is 54.8 Å². The number of esters is 2. The molecule has 0 heterocycles. The van der Waals surface area contributed by atoms with Gasteiger partial charge in [0.25, 0.3) is 0 Å². The number of carbonyl (C=O) groups is 6. The third-order valence-electron chi connectivity index (χ3n) is 16.0. The first-order valence-electron chi connectivity index (χ1n) is 27.4. The van der Waals surface area contributed by atoms with E-state index in [0.29, 0.717) is 89.0 Å². The van der Waals surface area contributed by atoms with E-state index >= 15 is 0 Å². The van der Waals surface area contributed by atoms with Gasteiger partial charge in [0.15, 0.2) is 23.1 Å². The fourth-order valence-corrected chi connectivity index (χ4v) is 12.2. The minimum absolute atomic E-state index is 0.0698. The molecule has 10 aromatic carbocycles. The molecule has 0 fully saturated rings. The van der Waals surface area contributed by atoms with Crippen LogP contribution in [0.4, 0.5) is 0 Å². The number of carbonyl (C=O) groups excluding carboxylic acids is 6. The van der Waals surface area contributed by atoms with Gasteiger partial charge in [0.05, 0.1) is 11.1 Å². The third-order valence-corrected chi connectivity index (χ3v) is 17.1. The van der Waals surface area contributed by atoms with Crippen molar-refractivity contribution < 1.29 is 38.2 Å². The third kappa shape index (κ3) is 10.3. The number of fused-ring (bicyclic) bond motifs is 4. The van der Waals surface area contributed by atoms with Crippen LogP contribution in [-0.2, 0) is 22.7 Å². The van der Waals surface area contributed by atoms with Crippen molar-refractivity contribution in [3.05, 3.63) is 303 Å². The molecule has 412 valence electrons. The fourth-order valence-electron chi connectivity index (χ4n) is 11.7. The first kappa shape index (κ1) is 56.6. The Bertz CT molecular complexity index is 4120. The molecule has 0 saturated carbocycles. The number of halogens is 2. The van der Waals surface area contributed by atoms with Gasteiger partial charge in [-0.05, 0) is 157 Å². The summed E-state index contributed by atoms with van der Waals surface area (Å²) in [5.41, 5.74) is 16.8. The molecule has 0 amide bonds. The lowest BCUT2D eigenvalue weighted by Crippen LogP contribution is -2.25. The summed E-state index contributed by atoms with van der Waals surface area (Å²) in [5.74, 6) is -1.74. The van der Waals surface area contributed by atoms with E-state index in [2.05, 4.69) is 31.9 Å². The maximum Gasteiger partial charge on any atom is 0.338 e. The first-order valence-corrected chi connectivity index (χ1v) is 29.0. The number of ketones is 4. The van der Waals surface area contributed by atoms with E-state index < -0.39 is 11.9 Å². The smallest absolute Gasteiger partial charge is 0.338 e. The molecule has 0 aromatic heterocycles. The highest BCUT2D eigenvalue weighted by Crippen LogP contribution is 2.48. The maximum absolute atomic E-state index is 14.4. The topological polar surface area (TPSA) is 121 Å². The quantitative estimate of drug-likeness (QED) is 0.124. The predicted octanol–water partition coefficient (Wildman–Crippen LogP) is 17.7. The molecular weight excluding hydrogens is 1180 g/mol. The standard InChI is InChI=1S/2C37H27BrO4/c2*1-21-10-4-6-12-26(21)31-23(3)30(20-42-37(41)24-16-18-25(38)19-17-24)32(27-13-7-5-11-22(27)2)34-33(31)35(39)28-14-8-9-15-29(28)36(34)40/h2*4-19H,20H2,1-3H3. The lowest BCUT2D eigenvalue weighted by Gasteiger charge is -2.29. The molecule has 84 heavy (non-hydrogen) atoms. The van der Waals surface area contributed by atoms with Gasteiger partial charge in [0.2, 0.25) is 0 Å². The van der Waals surface area contributed by atoms with E-state index in [9.17, 15) is 28.8 Å². The molecule has 0 spiro atoms. The minimum atomic E-state index is -0.472. The van der Waals surface area contributed by atoms with Gasteiger partial charge in [-0.1, -0.05) is 177 Å². The summed E-state index contributed by atoms with van der Waals surface area (Å²) >= 11 is 6.81. The summed E-state index contributed by atoms with van der Waals surface area (Å²) in [7, 11) is 0. The number of hydrogen-bond acceptors (Lipinski definition) is 8. The van der Waals surface area contributed by atoms with Crippen LogP contribution in [0.15, 0.2) is 203 Å². The normalized spacial score (nSPS) is 12.1. The monoisotopic (exact) mass is 1230 g/mol. The Morgan fingerprint density at radius 2 is 0.524 bits per heavy atom. The zero-order chi connectivity index (χ0) is 59.1. The van der Waals surface area contributed by atoms with Crippen LogP contribution in [0.5, 0.6) is 0 Å². The Morgan fingerprint density at radius 1 is 0.298 bits per heavy atom. The SMILES string of the molecule is Cc1ccccc1-c1c(C)c(COC(=O)c2ccc(Br)cc2)c(-c2ccccc2C)c2c1C(=O)c1ccccc1C2=O.Cc1ccccc1-c1c(C)c(COC(=O)c2ccc(Br)cc2)c(-c2ccccc2C)c2c1C(=O)c1ccccc1C2=O. The molecule has 0 unspecified atom stereocenters. The molecule has 8 nitrogen and oxygen atoms in total. The van der Waals surface area contributed by atoms with Crippen LogP contribution >= 0.6 is 31.9 Å². The Balaban J connectivity index is 0.000000175. The van der Waals surface area contributed by atoms with E-state index in [-0.39, 0.29) is 36.3 Å². The molecular formula is C74H54Br2O8. The van der Waals surface area contributed by atoms with Crippen LogP contribution in [0, 0.1) is 41.5 Å². The minimum Gasteiger partial charge on any atom is -0.457 e. The number of rotatable bonds is 10. The number of benzene rings is 10. The summed E-state index contributed by atoms with van der Waals surface area (Å²) in [6.45, 7) is 11.7. The van der Waals surface area contributed by atoms with E-state index in [1.54, 1.807) is 97.1 Å². The average Bonchev–Trinajstić information content (AvgIpc) is 1.85. The zero-order valence-corrected chi connectivity index (χ0v) is 50.1. The highest BCUT2D eigenvalue weighted by Gasteiger charge is 2.40. The molecule has 10 heteroatoms. The van der Waals surface area contributed by atoms with Gasteiger partial charge in [-0.25, -0.2) is 9.59 Å². The van der Waals surface area contributed by atoms with Crippen molar-refractivity contribution in [3.63, 3.8) is 0 Å². The summed E-state index contributed by atoms with van der Waals surface area (Å²) in [5, 5.41) is 0. The van der Waals surface area contributed by atoms with E-state index in [0.717, 1.165) is 64.6 Å². The molecule has 2 aliphatic carbocycles. The van der Waals surface area contributed by atoms with Crippen LogP contribution in [0.3, 0.4) is 0 Å². The first-order chi connectivity index (χ1) is 40.5. The van der Waals surface area contributed by atoms with Crippen molar-refractivity contribution in [2.75, 3.05) is 0 Å². The molecule has 0 aliphatic heterocycles. The van der Waals surface area contributed by atoms with Crippen molar-refractivity contribution in [2.24, 2.45) is 0 Å².